The molecular weight excluding hydrogens is 332 g/mol. The van der Waals surface area contributed by atoms with Gasteiger partial charge in [0, 0.05) is 19.3 Å². The average Bonchev–Trinajstić information content (AvgIpc) is 3.30. The van der Waals surface area contributed by atoms with E-state index in [1.54, 1.807) is 17.5 Å². The molecule has 1 saturated carbocycles. The molecule has 0 atom stereocenters. The summed E-state index contributed by atoms with van der Waals surface area (Å²) >= 11 is 1.62. The molecule has 1 aliphatic carbocycles. The van der Waals surface area contributed by atoms with E-state index in [4.69, 9.17) is 4.98 Å². The van der Waals surface area contributed by atoms with Gasteiger partial charge < -0.3 is 10.4 Å². The molecular formula is C19H22N4OS. The number of nitrogens with zero attached hydrogens (tertiary/aromatic N) is 3. The summed E-state index contributed by atoms with van der Waals surface area (Å²) in [7, 11) is 0. The Morgan fingerprint density at radius 3 is 2.80 bits per heavy atom. The van der Waals surface area contributed by atoms with Crippen LogP contribution in [0.25, 0.3) is 21.7 Å². The fourth-order valence-electron chi connectivity index (χ4n) is 3.75. The molecule has 0 unspecified atom stereocenters. The third-order valence-corrected chi connectivity index (χ3v) is 5.96. The largest absolute Gasteiger partial charge is 0.396 e. The Morgan fingerprint density at radius 2 is 2.04 bits per heavy atom. The highest BCUT2D eigenvalue weighted by Crippen LogP contribution is 2.41. The number of fused-ring (bicyclic) bond motifs is 1. The molecule has 0 radical (unpaired) electrons. The van der Waals surface area contributed by atoms with Gasteiger partial charge in [-0.15, -0.1) is 11.3 Å². The molecule has 25 heavy (non-hydrogen) atoms. The van der Waals surface area contributed by atoms with Crippen molar-refractivity contribution in [1.82, 2.24) is 15.0 Å². The van der Waals surface area contributed by atoms with Crippen LogP contribution >= 0.6 is 11.3 Å². The second-order valence-corrected chi connectivity index (χ2v) is 7.68. The standard InChI is InChI=1S/C19H22N4OS/c24-11-9-19(7-2-3-8-19)13-21-16-14-6-12-25-18(14)23-17(22-16)15-5-1-4-10-20-15/h1,4-6,10,12,24H,2-3,7-9,11,13H2,(H,21,22,23). The second kappa shape index (κ2) is 7.06. The van der Waals surface area contributed by atoms with Gasteiger partial charge in [-0.2, -0.15) is 0 Å². The lowest BCUT2D eigenvalue weighted by molar-refractivity contribution is 0.195. The van der Waals surface area contributed by atoms with Crippen molar-refractivity contribution in [1.29, 1.82) is 0 Å². The Balaban J connectivity index is 1.65. The van der Waals surface area contributed by atoms with Crippen molar-refractivity contribution in [3.63, 3.8) is 0 Å². The minimum Gasteiger partial charge on any atom is -0.396 e. The predicted octanol–water partition coefficient (Wildman–Crippen LogP) is 4.11. The lowest BCUT2D eigenvalue weighted by Crippen LogP contribution is -2.28. The molecule has 0 spiro atoms. The lowest BCUT2D eigenvalue weighted by Gasteiger charge is -2.28. The highest BCUT2D eigenvalue weighted by atomic mass is 32.1. The third kappa shape index (κ3) is 3.37. The summed E-state index contributed by atoms with van der Waals surface area (Å²) in [6.45, 7) is 1.09. The molecule has 130 valence electrons. The SMILES string of the molecule is OCCC1(CNc2nc(-c3ccccn3)nc3sccc23)CCCC1. The van der Waals surface area contributed by atoms with Gasteiger partial charge in [0.1, 0.15) is 16.3 Å². The van der Waals surface area contributed by atoms with Crippen LogP contribution in [-0.4, -0.2) is 33.2 Å². The third-order valence-electron chi connectivity index (χ3n) is 5.16. The minimum absolute atomic E-state index is 0.188. The van der Waals surface area contributed by atoms with Crippen molar-refractivity contribution in [3.05, 3.63) is 35.8 Å². The monoisotopic (exact) mass is 354 g/mol. The summed E-state index contributed by atoms with van der Waals surface area (Å²) in [6, 6.07) is 7.85. The molecule has 0 amide bonds. The predicted molar refractivity (Wildman–Crippen MR) is 102 cm³/mol. The van der Waals surface area contributed by atoms with E-state index in [0.29, 0.717) is 5.82 Å². The summed E-state index contributed by atoms with van der Waals surface area (Å²) in [5, 5.41) is 16.1. The minimum atomic E-state index is 0.188. The van der Waals surface area contributed by atoms with E-state index in [1.807, 2.05) is 23.6 Å². The second-order valence-electron chi connectivity index (χ2n) is 6.78. The highest BCUT2D eigenvalue weighted by molar-refractivity contribution is 7.16. The van der Waals surface area contributed by atoms with Gasteiger partial charge >= 0.3 is 0 Å². The zero-order valence-electron chi connectivity index (χ0n) is 14.1. The van der Waals surface area contributed by atoms with E-state index in [9.17, 15) is 5.11 Å². The molecule has 0 saturated heterocycles. The molecule has 1 fully saturated rings. The quantitative estimate of drug-likeness (QED) is 0.697. The number of aliphatic hydroxyl groups is 1. The molecule has 0 bridgehead atoms. The van der Waals surface area contributed by atoms with Gasteiger partial charge in [-0.25, -0.2) is 9.97 Å². The molecule has 0 aliphatic heterocycles. The molecule has 2 N–H and O–H groups in total. The number of anilines is 1. The van der Waals surface area contributed by atoms with Crippen LogP contribution in [0.1, 0.15) is 32.1 Å². The van der Waals surface area contributed by atoms with Crippen LogP contribution in [0, 0.1) is 5.41 Å². The number of nitrogens with one attached hydrogen (secondary N) is 1. The molecule has 3 heterocycles. The molecule has 3 aromatic heterocycles. The van der Waals surface area contributed by atoms with Crippen molar-refractivity contribution in [2.75, 3.05) is 18.5 Å². The highest BCUT2D eigenvalue weighted by Gasteiger charge is 2.33. The van der Waals surface area contributed by atoms with Crippen LogP contribution in [-0.2, 0) is 0 Å². The van der Waals surface area contributed by atoms with Crippen LogP contribution in [0.4, 0.5) is 5.82 Å². The topological polar surface area (TPSA) is 70.9 Å². The van der Waals surface area contributed by atoms with Gasteiger partial charge in [0.2, 0.25) is 0 Å². The van der Waals surface area contributed by atoms with E-state index in [-0.39, 0.29) is 12.0 Å². The Bertz CT molecular complexity index is 843. The van der Waals surface area contributed by atoms with Crippen LogP contribution < -0.4 is 5.32 Å². The van der Waals surface area contributed by atoms with Gasteiger partial charge in [-0.3, -0.25) is 4.98 Å². The Labute approximate surface area is 151 Å². The Morgan fingerprint density at radius 1 is 1.16 bits per heavy atom. The van der Waals surface area contributed by atoms with Gasteiger partial charge in [-0.05, 0) is 48.3 Å². The number of hydrogen-bond donors (Lipinski definition) is 2. The molecule has 5 nitrogen and oxygen atoms in total. The summed E-state index contributed by atoms with van der Waals surface area (Å²) in [5.74, 6) is 1.52. The first kappa shape index (κ1) is 16.4. The van der Waals surface area contributed by atoms with Crippen LogP contribution in [0.15, 0.2) is 35.8 Å². The first-order chi connectivity index (χ1) is 12.3. The van der Waals surface area contributed by atoms with Crippen molar-refractivity contribution >= 4 is 27.4 Å². The number of hydrogen-bond acceptors (Lipinski definition) is 6. The number of pyridine rings is 1. The summed E-state index contributed by atoms with van der Waals surface area (Å²) < 4.78 is 0. The van der Waals surface area contributed by atoms with Crippen molar-refractivity contribution < 1.29 is 5.11 Å². The van der Waals surface area contributed by atoms with Crippen LogP contribution in [0.5, 0.6) is 0 Å². The van der Waals surface area contributed by atoms with E-state index >= 15 is 0 Å². The Kier molecular flexibility index (Phi) is 4.63. The Hall–Kier alpha value is -2.05. The van der Waals surface area contributed by atoms with Crippen LogP contribution in [0.2, 0.25) is 0 Å². The molecule has 1 aliphatic rings. The molecule has 3 aromatic rings. The smallest absolute Gasteiger partial charge is 0.181 e. The van der Waals surface area contributed by atoms with Crippen molar-refractivity contribution in [3.8, 4) is 11.5 Å². The number of rotatable bonds is 6. The maximum absolute atomic E-state index is 9.46. The molecule has 0 aromatic carbocycles. The number of thiophene rings is 1. The summed E-state index contributed by atoms with van der Waals surface area (Å²) in [5.41, 5.74) is 0.972. The lowest BCUT2D eigenvalue weighted by atomic mass is 9.83. The van der Waals surface area contributed by atoms with E-state index < -0.39 is 0 Å². The maximum atomic E-state index is 9.46. The van der Waals surface area contributed by atoms with Crippen molar-refractivity contribution in [2.45, 2.75) is 32.1 Å². The molecule has 6 heteroatoms. The average molecular weight is 354 g/mol. The fraction of sp³-hybridized carbons (Fsp3) is 0.421. The zero-order valence-corrected chi connectivity index (χ0v) is 14.9. The maximum Gasteiger partial charge on any atom is 0.181 e. The van der Waals surface area contributed by atoms with E-state index in [1.165, 1.54) is 25.7 Å². The number of aliphatic hydroxyl groups excluding tert-OH is 1. The normalized spacial score (nSPS) is 16.4. The number of aromatic nitrogens is 3. The van der Waals surface area contributed by atoms with E-state index in [0.717, 1.165) is 34.7 Å². The first-order valence-corrected chi connectivity index (χ1v) is 9.69. The summed E-state index contributed by atoms with van der Waals surface area (Å²) in [4.78, 5) is 14.8. The fourth-order valence-corrected chi connectivity index (χ4v) is 4.51. The molecule has 4 rings (SSSR count). The van der Waals surface area contributed by atoms with Gasteiger partial charge in [0.05, 0.1) is 5.39 Å². The zero-order chi connectivity index (χ0) is 17.1. The van der Waals surface area contributed by atoms with Crippen molar-refractivity contribution in [2.24, 2.45) is 5.41 Å². The summed E-state index contributed by atoms with van der Waals surface area (Å²) in [6.07, 6.45) is 7.46. The van der Waals surface area contributed by atoms with Gasteiger partial charge in [-0.1, -0.05) is 18.9 Å². The first-order valence-electron chi connectivity index (χ1n) is 8.81. The van der Waals surface area contributed by atoms with Gasteiger partial charge in [0.25, 0.3) is 0 Å². The van der Waals surface area contributed by atoms with Gasteiger partial charge in [0.15, 0.2) is 5.82 Å². The van der Waals surface area contributed by atoms with Crippen LogP contribution in [0.3, 0.4) is 0 Å². The van der Waals surface area contributed by atoms with E-state index in [2.05, 4.69) is 21.4 Å².